The van der Waals surface area contributed by atoms with Gasteiger partial charge in [0.15, 0.2) is 0 Å². The molecule has 0 radical (unpaired) electrons. The van der Waals surface area contributed by atoms with Crippen molar-refractivity contribution in [3.05, 3.63) is 56.3 Å². The Bertz CT molecular complexity index is 1140. The number of rotatable bonds is 11. The molecular formula is C25H33N4O6-. The molecule has 0 bridgehead atoms. The Morgan fingerprint density at radius 1 is 0.686 bits per heavy atom. The molecule has 1 aliphatic heterocycles. The number of imide groups is 2. The van der Waals surface area contributed by atoms with Crippen LogP contribution in [0.25, 0.3) is 6.08 Å². The molecule has 1 aromatic heterocycles. The molecule has 0 spiro atoms. The van der Waals surface area contributed by atoms with Crippen molar-refractivity contribution in [1.82, 2.24) is 18.9 Å². The maximum absolute atomic E-state index is 12.7. The fourth-order valence-electron chi connectivity index (χ4n) is 3.74. The fraction of sp³-hybridized carbons (Fsp3) is 0.480. The van der Waals surface area contributed by atoms with Crippen LogP contribution in [-0.2, 0) is 22.7 Å². The van der Waals surface area contributed by atoms with E-state index in [1.807, 2.05) is 27.7 Å². The molecule has 1 saturated heterocycles. The van der Waals surface area contributed by atoms with Crippen molar-refractivity contribution in [2.24, 2.45) is 0 Å². The molecule has 0 atom stereocenters. The minimum absolute atomic E-state index is 0.137. The van der Waals surface area contributed by atoms with E-state index in [1.54, 1.807) is 0 Å². The molecule has 2 rings (SSSR count). The third-order valence-electron chi connectivity index (χ3n) is 5.36. The first-order valence-electron chi connectivity index (χ1n) is 12.0. The summed E-state index contributed by atoms with van der Waals surface area (Å²) in [5.41, 5.74) is -1.54. The van der Waals surface area contributed by atoms with Crippen molar-refractivity contribution in [2.75, 3.05) is 13.1 Å². The van der Waals surface area contributed by atoms with Gasteiger partial charge >= 0.3 is 11.7 Å². The van der Waals surface area contributed by atoms with Gasteiger partial charge in [-0.25, -0.2) is 9.59 Å². The minimum Gasteiger partial charge on any atom is -0.859 e. The average Bonchev–Trinajstić information content (AvgIpc) is 2.83. The molecule has 10 heteroatoms. The lowest BCUT2D eigenvalue weighted by molar-refractivity contribution is -0.280. The van der Waals surface area contributed by atoms with E-state index in [-0.39, 0.29) is 37.3 Å². The molecule has 0 aromatic carbocycles. The summed E-state index contributed by atoms with van der Waals surface area (Å²) in [4.78, 5) is 65.3. The van der Waals surface area contributed by atoms with Crippen LogP contribution < -0.4 is 16.4 Å². The number of urea groups is 1. The highest BCUT2D eigenvalue weighted by Gasteiger charge is 2.40. The Hall–Kier alpha value is -3.69. The summed E-state index contributed by atoms with van der Waals surface area (Å²) >= 11 is 0. The summed E-state index contributed by atoms with van der Waals surface area (Å²) in [6.07, 6.45) is 9.21. The molecule has 0 saturated carbocycles. The zero-order valence-corrected chi connectivity index (χ0v) is 20.8. The first kappa shape index (κ1) is 27.6. The molecular weight excluding hydrogens is 452 g/mol. The molecule has 4 amide bonds. The van der Waals surface area contributed by atoms with Gasteiger partial charge in [-0.05, 0) is 43.7 Å². The molecule has 1 aromatic rings. The number of hydrogen-bond donors (Lipinski definition) is 0. The van der Waals surface area contributed by atoms with Gasteiger partial charge in [-0.15, -0.1) is 0 Å². The van der Waals surface area contributed by atoms with Crippen molar-refractivity contribution >= 4 is 23.9 Å². The molecule has 10 nitrogen and oxygen atoms in total. The topological polar surface area (TPSA) is 125 Å². The Morgan fingerprint density at radius 2 is 1.20 bits per heavy atom. The maximum atomic E-state index is 12.7. The molecule has 0 unspecified atom stereocenters. The monoisotopic (exact) mass is 485 g/mol. The number of aromatic nitrogens is 2. The first-order chi connectivity index (χ1) is 16.7. The highest BCUT2D eigenvalue weighted by Crippen LogP contribution is 2.18. The number of barbiturate groups is 1. The second kappa shape index (κ2) is 12.7. The Balaban J connectivity index is 2.39. The molecule has 35 heavy (non-hydrogen) atoms. The highest BCUT2D eigenvalue weighted by atomic mass is 16.3. The van der Waals surface area contributed by atoms with E-state index in [2.05, 4.69) is 0 Å². The maximum Gasteiger partial charge on any atom is 0.333 e. The summed E-state index contributed by atoms with van der Waals surface area (Å²) < 4.78 is 2.12. The number of carbonyl (C=O) groups is 3. The first-order valence-corrected chi connectivity index (χ1v) is 12.0. The van der Waals surface area contributed by atoms with Crippen molar-refractivity contribution in [3.63, 3.8) is 0 Å². The number of amides is 4. The largest absolute Gasteiger partial charge is 0.859 e. The van der Waals surface area contributed by atoms with Crippen LogP contribution in [0.3, 0.4) is 0 Å². The zero-order valence-electron chi connectivity index (χ0n) is 20.8. The Morgan fingerprint density at radius 3 is 1.71 bits per heavy atom. The lowest BCUT2D eigenvalue weighted by Crippen LogP contribution is -2.56. The molecule has 0 aliphatic carbocycles. The Labute approximate surface area is 204 Å². The van der Waals surface area contributed by atoms with E-state index in [9.17, 15) is 29.1 Å². The predicted octanol–water partition coefficient (Wildman–Crippen LogP) is 2.01. The Kier molecular flexibility index (Phi) is 9.98. The average molecular weight is 486 g/mol. The molecule has 2 heterocycles. The number of nitrogens with zero attached hydrogens (tertiary/aromatic N) is 4. The van der Waals surface area contributed by atoms with E-state index < -0.39 is 35.0 Å². The standard InChI is InChI=1S/C25H34N4O6/c1-5-14-26-20(30)18(21(31)27(15-6-2)24(26)34)12-10-9-11-13-19-22(32)28(16-7-3)25(35)29(17-8-4)23(19)33/h9-13,30H,5-8,14-17H2,1-4H3/p-1/b11-9+,12-10+. The van der Waals surface area contributed by atoms with Crippen LogP contribution in [0, 0.1) is 0 Å². The van der Waals surface area contributed by atoms with Crippen LogP contribution in [0.5, 0.6) is 5.88 Å². The molecule has 1 fully saturated rings. The van der Waals surface area contributed by atoms with Crippen molar-refractivity contribution in [3.8, 4) is 5.88 Å². The van der Waals surface area contributed by atoms with Crippen molar-refractivity contribution in [2.45, 2.75) is 66.5 Å². The van der Waals surface area contributed by atoms with Crippen molar-refractivity contribution < 1.29 is 19.5 Å². The van der Waals surface area contributed by atoms with Gasteiger partial charge in [0.05, 0.1) is 0 Å². The normalized spacial score (nSPS) is 14.7. The third kappa shape index (κ3) is 5.87. The molecule has 190 valence electrons. The van der Waals surface area contributed by atoms with E-state index in [0.29, 0.717) is 25.7 Å². The fourth-order valence-corrected chi connectivity index (χ4v) is 3.74. The quantitative estimate of drug-likeness (QED) is 0.268. The van der Waals surface area contributed by atoms with Gasteiger partial charge in [0.1, 0.15) is 5.57 Å². The molecule has 1 aliphatic rings. The van der Waals surface area contributed by atoms with Gasteiger partial charge in [-0.1, -0.05) is 45.9 Å². The number of hydrogen-bond acceptors (Lipinski definition) is 6. The SMILES string of the molecule is CCCN1C(=O)C(=C/C=C/C=C/c2c([O-])n(CCC)c(=O)n(CCC)c2=O)C(=O)N(CCC)C1=O. The van der Waals surface area contributed by atoms with Gasteiger partial charge in [-0.3, -0.25) is 28.8 Å². The number of carbonyl (C=O) groups excluding carboxylic acids is 3. The summed E-state index contributed by atoms with van der Waals surface area (Å²) in [7, 11) is 0. The van der Waals surface area contributed by atoms with Crippen LogP contribution in [0.1, 0.15) is 58.9 Å². The minimum atomic E-state index is -0.654. The van der Waals surface area contributed by atoms with E-state index in [4.69, 9.17) is 0 Å². The van der Waals surface area contributed by atoms with Gasteiger partial charge in [0, 0.05) is 31.7 Å². The summed E-state index contributed by atoms with van der Waals surface area (Å²) in [5.74, 6) is -1.96. The van der Waals surface area contributed by atoms with E-state index in [0.717, 1.165) is 18.9 Å². The van der Waals surface area contributed by atoms with Gasteiger partial charge in [0.25, 0.3) is 17.4 Å². The second-order valence-electron chi connectivity index (χ2n) is 8.13. The van der Waals surface area contributed by atoms with Crippen LogP contribution in [-0.4, -0.2) is 49.9 Å². The lowest BCUT2D eigenvalue weighted by atomic mass is 10.1. The predicted molar refractivity (Wildman–Crippen MR) is 131 cm³/mol. The van der Waals surface area contributed by atoms with Crippen LogP contribution >= 0.6 is 0 Å². The molecule has 0 N–H and O–H groups in total. The smallest absolute Gasteiger partial charge is 0.333 e. The van der Waals surface area contributed by atoms with Crippen LogP contribution in [0.2, 0.25) is 0 Å². The number of allylic oxidation sites excluding steroid dienone is 4. The van der Waals surface area contributed by atoms with E-state index in [1.165, 1.54) is 30.4 Å². The summed E-state index contributed by atoms with van der Waals surface area (Å²) in [6, 6.07) is -0.613. The highest BCUT2D eigenvalue weighted by molar-refractivity contribution is 6.28. The van der Waals surface area contributed by atoms with Crippen molar-refractivity contribution in [1.29, 1.82) is 0 Å². The second-order valence-corrected chi connectivity index (χ2v) is 8.13. The lowest BCUT2D eigenvalue weighted by Gasteiger charge is -2.33. The van der Waals surface area contributed by atoms with E-state index >= 15 is 0 Å². The zero-order chi connectivity index (χ0) is 26.1. The third-order valence-corrected chi connectivity index (χ3v) is 5.36. The van der Waals surface area contributed by atoms with Gasteiger partial charge in [0.2, 0.25) is 0 Å². The summed E-state index contributed by atoms with van der Waals surface area (Å²) in [6.45, 7) is 8.14. The van der Waals surface area contributed by atoms with Gasteiger partial charge < -0.3 is 9.67 Å². The van der Waals surface area contributed by atoms with Crippen LogP contribution in [0.4, 0.5) is 4.79 Å². The van der Waals surface area contributed by atoms with Crippen LogP contribution in [0.15, 0.2) is 39.5 Å². The van der Waals surface area contributed by atoms with Gasteiger partial charge in [-0.2, -0.15) is 0 Å². The summed E-state index contributed by atoms with van der Waals surface area (Å²) in [5, 5.41) is 12.7.